The van der Waals surface area contributed by atoms with Crippen LogP contribution in [0.3, 0.4) is 0 Å². The zero-order valence-corrected chi connectivity index (χ0v) is 9.43. The molecule has 0 fully saturated rings. The molecule has 0 atom stereocenters. The van der Waals surface area contributed by atoms with E-state index in [9.17, 15) is 9.59 Å². The lowest BCUT2D eigenvalue weighted by atomic mass is 10.3. The van der Waals surface area contributed by atoms with E-state index in [1.165, 1.54) is 17.0 Å². The molecular weight excluding hydrogens is 210 g/mol. The first-order chi connectivity index (χ1) is 7.61. The highest BCUT2D eigenvalue weighted by Crippen LogP contribution is 2.22. The van der Waals surface area contributed by atoms with Gasteiger partial charge in [-0.1, -0.05) is 0 Å². The Bertz CT molecular complexity index is 431. The van der Waals surface area contributed by atoms with Crippen molar-refractivity contribution in [3.63, 3.8) is 0 Å². The zero-order valence-electron chi connectivity index (χ0n) is 9.43. The molecule has 1 aromatic heterocycles. The maximum atomic E-state index is 11.5. The van der Waals surface area contributed by atoms with Crippen molar-refractivity contribution in [2.75, 3.05) is 6.61 Å². The summed E-state index contributed by atoms with van der Waals surface area (Å²) >= 11 is 0. The van der Waals surface area contributed by atoms with Crippen molar-refractivity contribution in [2.45, 2.75) is 26.8 Å². The van der Waals surface area contributed by atoms with Gasteiger partial charge in [0.15, 0.2) is 5.82 Å². The summed E-state index contributed by atoms with van der Waals surface area (Å²) in [5.74, 6) is -0.355. The van der Waals surface area contributed by atoms with Crippen molar-refractivity contribution < 1.29 is 14.3 Å². The molecule has 0 unspecified atom stereocenters. The average molecular weight is 223 g/mol. The van der Waals surface area contributed by atoms with E-state index in [-0.39, 0.29) is 24.0 Å². The first-order valence-corrected chi connectivity index (χ1v) is 4.94. The molecule has 0 saturated carbocycles. The fourth-order valence-electron chi connectivity index (χ4n) is 1.24. The Morgan fingerprint density at radius 2 is 2.38 bits per heavy atom. The van der Waals surface area contributed by atoms with Gasteiger partial charge in [-0.2, -0.15) is 5.10 Å². The van der Waals surface area contributed by atoms with Crippen LogP contribution in [0.1, 0.15) is 37.2 Å². The summed E-state index contributed by atoms with van der Waals surface area (Å²) in [6, 6.07) is -0.00437. The molecule has 0 aromatic carbocycles. The molecule has 0 radical (unpaired) electrons. The molecular formula is C10H13N3O3. The van der Waals surface area contributed by atoms with Crippen LogP contribution in [0.25, 0.3) is 0 Å². The third-order valence-corrected chi connectivity index (χ3v) is 1.91. The molecule has 86 valence electrons. The van der Waals surface area contributed by atoms with Crippen LogP contribution < -0.4 is 0 Å². The van der Waals surface area contributed by atoms with Crippen LogP contribution in [0.4, 0.5) is 5.82 Å². The van der Waals surface area contributed by atoms with E-state index in [1.807, 2.05) is 13.8 Å². The maximum absolute atomic E-state index is 11.5. The van der Waals surface area contributed by atoms with Crippen LogP contribution >= 0.6 is 0 Å². The molecule has 0 aliphatic carbocycles. The van der Waals surface area contributed by atoms with Gasteiger partial charge in [0.1, 0.15) is 5.56 Å². The van der Waals surface area contributed by atoms with E-state index >= 15 is 0 Å². The lowest BCUT2D eigenvalue weighted by molar-refractivity contribution is 0.0527. The van der Waals surface area contributed by atoms with Gasteiger partial charge in [0.25, 0.3) is 0 Å². The van der Waals surface area contributed by atoms with Crippen molar-refractivity contribution in [3.8, 4) is 0 Å². The lowest BCUT2D eigenvalue weighted by Crippen LogP contribution is -2.06. The van der Waals surface area contributed by atoms with Gasteiger partial charge in [-0.25, -0.2) is 14.3 Å². The normalized spacial score (nSPS) is 10.0. The minimum absolute atomic E-state index is 0.00437. The summed E-state index contributed by atoms with van der Waals surface area (Å²) in [6.45, 7) is 5.70. The molecule has 0 spiro atoms. The molecule has 1 aromatic rings. The minimum Gasteiger partial charge on any atom is -0.462 e. The SMILES string of the molecule is CCOC(=O)c1cnn(C(C)C)c1N=C=O. The van der Waals surface area contributed by atoms with Gasteiger partial charge >= 0.3 is 5.97 Å². The van der Waals surface area contributed by atoms with Gasteiger partial charge in [0.2, 0.25) is 6.08 Å². The molecule has 1 rings (SSSR count). The first kappa shape index (κ1) is 12.1. The van der Waals surface area contributed by atoms with Gasteiger partial charge in [0.05, 0.1) is 12.8 Å². The van der Waals surface area contributed by atoms with Crippen LogP contribution in [0.15, 0.2) is 11.2 Å². The predicted molar refractivity (Wildman–Crippen MR) is 56.4 cm³/mol. The van der Waals surface area contributed by atoms with Gasteiger partial charge < -0.3 is 4.74 Å². The van der Waals surface area contributed by atoms with Crippen LogP contribution in [-0.4, -0.2) is 28.4 Å². The Hall–Kier alpha value is -1.94. The van der Waals surface area contributed by atoms with Crippen molar-refractivity contribution in [1.82, 2.24) is 9.78 Å². The standard InChI is InChI=1S/C10H13N3O3/c1-4-16-10(15)8-5-12-13(7(2)3)9(8)11-6-14/h5,7H,4H2,1-3H3. The van der Waals surface area contributed by atoms with Crippen molar-refractivity contribution >= 4 is 17.9 Å². The second-order valence-corrected chi connectivity index (χ2v) is 3.34. The molecule has 0 amide bonds. The second kappa shape index (κ2) is 5.23. The topological polar surface area (TPSA) is 73.5 Å². The number of aliphatic imine (C=N–C) groups is 1. The fraction of sp³-hybridized carbons (Fsp3) is 0.500. The molecule has 6 nitrogen and oxygen atoms in total. The molecule has 0 bridgehead atoms. The number of carbonyl (C=O) groups excluding carboxylic acids is 2. The predicted octanol–water partition coefficient (Wildman–Crippen LogP) is 1.61. The number of isocyanates is 1. The summed E-state index contributed by atoms with van der Waals surface area (Å²) in [7, 11) is 0. The highest BCUT2D eigenvalue weighted by molar-refractivity contribution is 5.94. The van der Waals surface area contributed by atoms with Crippen LogP contribution in [0.5, 0.6) is 0 Å². The molecule has 0 N–H and O–H groups in total. The van der Waals surface area contributed by atoms with Gasteiger partial charge in [0, 0.05) is 6.04 Å². The highest BCUT2D eigenvalue weighted by Gasteiger charge is 2.19. The molecule has 0 saturated heterocycles. The molecule has 16 heavy (non-hydrogen) atoms. The summed E-state index contributed by atoms with van der Waals surface area (Å²) in [5.41, 5.74) is 0.180. The number of ether oxygens (including phenoxy) is 1. The van der Waals surface area contributed by atoms with E-state index in [2.05, 4.69) is 10.1 Å². The Morgan fingerprint density at radius 3 is 2.88 bits per heavy atom. The highest BCUT2D eigenvalue weighted by atomic mass is 16.5. The molecule has 6 heteroatoms. The van der Waals surface area contributed by atoms with Crippen LogP contribution in [-0.2, 0) is 9.53 Å². The van der Waals surface area contributed by atoms with Gasteiger partial charge in [-0.15, -0.1) is 4.99 Å². The summed E-state index contributed by atoms with van der Waals surface area (Å²) in [6.07, 6.45) is 2.75. The Balaban J connectivity index is 3.19. The lowest BCUT2D eigenvalue weighted by Gasteiger charge is -2.07. The Kier molecular flexibility index (Phi) is 3.96. The number of esters is 1. The quantitative estimate of drug-likeness (QED) is 0.441. The number of hydrogen-bond donors (Lipinski definition) is 0. The minimum atomic E-state index is -0.539. The van der Waals surface area contributed by atoms with Crippen molar-refractivity contribution in [2.24, 2.45) is 4.99 Å². The van der Waals surface area contributed by atoms with E-state index in [1.54, 1.807) is 6.92 Å². The van der Waals surface area contributed by atoms with E-state index in [0.717, 1.165) is 0 Å². The van der Waals surface area contributed by atoms with E-state index in [4.69, 9.17) is 4.74 Å². The second-order valence-electron chi connectivity index (χ2n) is 3.34. The third-order valence-electron chi connectivity index (χ3n) is 1.91. The van der Waals surface area contributed by atoms with E-state index < -0.39 is 5.97 Å². The number of hydrogen-bond acceptors (Lipinski definition) is 5. The Morgan fingerprint density at radius 1 is 1.69 bits per heavy atom. The van der Waals surface area contributed by atoms with E-state index in [0.29, 0.717) is 0 Å². The number of carbonyl (C=O) groups is 1. The van der Waals surface area contributed by atoms with Crippen LogP contribution in [0.2, 0.25) is 0 Å². The largest absolute Gasteiger partial charge is 0.462 e. The molecule has 0 aliphatic heterocycles. The smallest absolute Gasteiger partial charge is 0.343 e. The number of nitrogens with zero attached hydrogens (tertiary/aromatic N) is 3. The van der Waals surface area contributed by atoms with Crippen molar-refractivity contribution in [1.29, 1.82) is 0 Å². The molecule has 0 aliphatic rings. The molecule has 1 heterocycles. The number of rotatable bonds is 4. The summed E-state index contributed by atoms with van der Waals surface area (Å²) in [4.78, 5) is 25.3. The number of aromatic nitrogens is 2. The fourth-order valence-corrected chi connectivity index (χ4v) is 1.24. The van der Waals surface area contributed by atoms with Gasteiger partial charge in [-0.05, 0) is 20.8 Å². The monoisotopic (exact) mass is 223 g/mol. The Labute approximate surface area is 92.9 Å². The van der Waals surface area contributed by atoms with Crippen molar-refractivity contribution in [3.05, 3.63) is 11.8 Å². The van der Waals surface area contributed by atoms with Crippen LogP contribution in [0, 0.1) is 0 Å². The summed E-state index contributed by atoms with van der Waals surface area (Å²) < 4.78 is 6.30. The average Bonchev–Trinajstić information content (AvgIpc) is 2.62. The maximum Gasteiger partial charge on any atom is 0.343 e. The van der Waals surface area contributed by atoms with Gasteiger partial charge in [-0.3, -0.25) is 0 Å². The summed E-state index contributed by atoms with van der Waals surface area (Å²) in [5, 5.41) is 3.98. The third kappa shape index (κ3) is 2.35. The zero-order chi connectivity index (χ0) is 12.1. The first-order valence-electron chi connectivity index (χ1n) is 4.94.